The molecule has 1 heterocycles. The molecule has 2 rings (SSSR count). The molecule has 0 aliphatic heterocycles. The van der Waals surface area contributed by atoms with E-state index in [0.717, 1.165) is 29.7 Å². The molecule has 3 heteroatoms. The summed E-state index contributed by atoms with van der Waals surface area (Å²) in [5.41, 5.74) is 3.51. The van der Waals surface area contributed by atoms with E-state index in [4.69, 9.17) is 0 Å². The summed E-state index contributed by atoms with van der Waals surface area (Å²) in [6, 6.07) is 0. The lowest BCUT2D eigenvalue weighted by molar-refractivity contribution is 0.758. The van der Waals surface area contributed by atoms with Gasteiger partial charge >= 0.3 is 0 Å². The zero-order chi connectivity index (χ0) is 11.0. The van der Waals surface area contributed by atoms with Crippen LogP contribution in [0.2, 0.25) is 0 Å². The van der Waals surface area contributed by atoms with E-state index >= 15 is 0 Å². The second-order valence-corrected chi connectivity index (χ2v) is 4.58. The monoisotopic (exact) mass is 205 g/mol. The van der Waals surface area contributed by atoms with E-state index in [0.29, 0.717) is 5.92 Å². The van der Waals surface area contributed by atoms with E-state index in [2.05, 4.69) is 36.1 Å². The Morgan fingerprint density at radius 3 is 2.20 bits per heavy atom. The SMILES string of the molecule is CNCc1c(C)nc(C2CC2C)nc1C. The van der Waals surface area contributed by atoms with Crippen LogP contribution in [0.1, 0.15) is 42.0 Å². The molecule has 1 saturated carbocycles. The summed E-state index contributed by atoms with van der Waals surface area (Å²) in [6.07, 6.45) is 1.25. The minimum atomic E-state index is 0.617. The molecule has 1 fully saturated rings. The van der Waals surface area contributed by atoms with Gasteiger partial charge in [-0.15, -0.1) is 0 Å². The average Bonchev–Trinajstić information content (AvgIpc) is 2.89. The van der Waals surface area contributed by atoms with Crippen LogP contribution in [0.15, 0.2) is 0 Å². The Labute approximate surface area is 91.3 Å². The topological polar surface area (TPSA) is 37.8 Å². The van der Waals surface area contributed by atoms with Crippen molar-refractivity contribution in [3.63, 3.8) is 0 Å². The Morgan fingerprint density at radius 1 is 1.27 bits per heavy atom. The summed E-state index contributed by atoms with van der Waals surface area (Å²) in [6.45, 7) is 7.29. The molecule has 0 saturated heterocycles. The van der Waals surface area contributed by atoms with Gasteiger partial charge in [0.25, 0.3) is 0 Å². The highest BCUT2D eigenvalue weighted by Crippen LogP contribution is 2.45. The van der Waals surface area contributed by atoms with E-state index < -0.39 is 0 Å². The highest BCUT2D eigenvalue weighted by molar-refractivity contribution is 5.26. The number of aryl methyl sites for hydroxylation is 2. The first-order chi connectivity index (χ1) is 7.13. The van der Waals surface area contributed by atoms with Crippen LogP contribution in [0.3, 0.4) is 0 Å². The van der Waals surface area contributed by atoms with Gasteiger partial charge in [0.1, 0.15) is 5.82 Å². The van der Waals surface area contributed by atoms with Gasteiger partial charge in [-0.2, -0.15) is 0 Å². The predicted molar refractivity (Wildman–Crippen MR) is 60.8 cm³/mol. The average molecular weight is 205 g/mol. The molecule has 1 aromatic heterocycles. The van der Waals surface area contributed by atoms with Gasteiger partial charge in [-0.05, 0) is 33.2 Å². The molecule has 0 spiro atoms. The highest BCUT2D eigenvalue weighted by Gasteiger charge is 2.36. The molecule has 0 radical (unpaired) electrons. The van der Waals surface area contributed by atoms with E-state index in [-0.39, 0.29) is 0 Å². The molecule has 1 aliphatic rings. The summed E-state index contributed by atoms with van der Waals surface area (Å²) >= 11 is 0. The lowest BCUT2D eigenvalue weighted by atomic mass is 10.1. The van der Waals surface area contributed by atoms with Gasteiger partial charge in [0.15, 0.2) is 0 Å². The van der Waals surface area contributed by atoms with Crippen molar-refractivity contribution in [1.82, 2.24) is 15.3 Å². The second-order valence-electron chi connectivity index (χ2n) is 4.58. The van der Waals surface area contributed by atoms with E-state index in [9.17, 15) is 0 Å². The predicted octanol–water partition coefficient (Wildman–Crippen LogP) is 1.94. The normalized spacial score (nSPS) is 24.3. The molecule has 2 atom stereocenters. The minimum absolute atomic E-state index is 0.617. The minimum Gasteiger partial charge on any atom is -0.316 e. The molecule has 1 N–H and O–H groups in total. The molecule has 2 unspecified atom stereocenters. The van der Waals surface area contributed by atoms with E-state index in [1.54, 1.807) is 0 Å². The number of rotatable bonds is 3. The molecule has 82 valence electrons. The summed E-state index contributed by atoms with van der Waals surface area (Å²) in [5.74, 6) is 2.45. The maximum absolute atomic E-state index is 4.61. The first-order valence-corrected chi connectivity index (χ1v) is 5.62. The summed E-state index contributed by atoms with van der Waals surface area (Å²) in [5, 5.41) is 3.16. The number of aromatic nitrogens is 2. The molecule has 1 aliphatic carbocycles. The van der Waals surface area contributed by atoms with Crippen molar-refractivity contribution in [2.75, 3.05) is 7.05 Å². The zero-order valence-corrected chi connectivity index (χ0v) is 9.96. The molecular weight excluding hydrogens is 186 g/mol. The van der Waals surface area contributed by atoms with Crippen LogP contribution in [-0.2, 0) is 6.54 Å². The fourth-order valence-electron chi connectivity index (χ4n) is 2.05. The Balaban J connectivity index is 2.30. The van der Waals surface area contributed by atoms with Gasteiger partial charge in [-0.3, -0.25) is 0 Å². The van der Waals surface area contributed by atoms with Crippen molar-refractivity contribution in [3.8, 4) is 0 Å². The Bertz CT molecular complexity index is 350. The van der Waals surface area contributed by atoms with Crippen molar-refractivity contribution in [2.24, 2.45) is 5.92 Å². The van der Waals surface area contributed by atoms with E-state index in [1.165, 1.54) is 12.0 Å². The standard InChI is InChI=1S/C12H19N3/c1-7-5-10(7)12-14-8(2)11(6-13-4)9(3)15-12/h7,10,13H,5-6H2,1-4H3. The molecule has 0 bridgehead atoms. The maximum atomic E-state index is 4.61. The summed E-state index contributed by atoms with van der Waals surface area (Å²) in [7, 11) is 1.95. The van der Waals surface area contributed by atoms with Crippen molar-refractivity contribution in [3.05, 3.63) is 22.8 Å². The first kappa shape index (κ1) is 10.6. The van der Waals surface area contributed by atoms with Crippen LogP contribution < -0.4 is 5.32 Å². The Hall–Kier alpha value is -0.960. The van der Waals surface area contributed by atoms with Crippen LogP contribution in [0.25, 0.3) is 0 Å². The molecule has 0 amide bonds. The molecule has 0 aromatic carbocycles. The fraction of sp³-hybridized carbons (Fsp3) is 0.667. The van der Waals surface area contributed by atoms with Crippen LogP contribution in [-0.4, -0.2) is 17.0 Å². The van der Waals surface area contributed by atoms with Gasteiger partial charge in [-0.25, -0.2) is 9.97 Å². The number of nitrogens with zero attached hydrogens (tertiary/aromatic N) is 2. The number of hydrogen-bond donors (Lipinski definition) is 1. The third-order valence-corrected chi connectivity index (χ3v) is 3.23. The van der Waals surface area contributed by atoms with Crippen LogP contribution >= 0.6 is 0 Å². The number of hydrogen-bond acceptors (Lipinski definition) is 3. The van der Waals surface area contributed by atoms with Crippen LogP contribution in [0, 0.1) is 19.8 Å². The lowest BCUT2D eigenvalue weighted by Crippen LogP contribution is -2.12. The van der Waals surface area contributed by atoms with Gasteiger partial charge in [0.05, 0.1) is 0 Å². The Morgan fingerprint density at radius 2 is 1.80 bits per heavy atom. The maximum Gasteiger partial charge on any atom is 0.132 e. The third kappa shape index (κ3) is 2.02. The van der Waals surface area contributed by atoms with Crippen LogP contribution in [0.4, 0.5) is 0 Å². The molecule has 1 aromatic rings. The van der Waals surface area contributed by atoms with Crippen LogP contribution in [0.5, 0.6) is 0 Å². The zero-order valence-electron chi connectivity index (χ0n) is 9.96. The molecular formula is C12H19N3. The van der Waals surface area contributed by atoms with Crippen molar-refractivity contribution in [2.45, 2.75) is 39.7 Å². The number of nitrogens with one attached hydrogen (secondary N) is 1. The third-order valence-electron chi connectivity index (χ3n) is 3.23. The first-order valence-electron chi connectivity index (χ1n) is 5.62. The van der Waals surface area contributed by atoms with Crippen molar-refractivity contribution >= 4 is 0 Å². The van der Waals surface area contributed by atoms with Gasteiger partial charge in [-0.1, -0.05) is 6.92 Å². The fourth-order valence-corrected chi connectivity index (χ4v) is 2.05. The molecule has 15 heavy (non-hydrogen) atoms. The van der Waals surface area contributed by atoms with Gasteiger partial charge in [0.2, 0.25) is 0 Å². The summed E-state index contributed by atoms with van der Waals surface area (Å²) in [4.78, 5) is 9.23. The summed E-state index contributed by atoms with van der Waals surface area (Å²) < 4.78 is 0. The lowest BCUT2D eigenvalue weighted by Gasteiger charge is -2.10. The van der Waals surface area contributed by atoms with Crippen molar-refractivity contribution in [1.29, 1.82) is 0 Å². The second kappa shape index (κ2) is 3.89. The van der Waals surface area contributed by atoms with Gasteiger partial charge in [0, 0.05) is 29.4 Å². The quantitative estimate of drug-likeness (QED) is 0.819. The highest BCUT2D eigenvalue weighted by atomic mass is 14.9. The van der Waals surface area contributed by atoms with Gasteiger partial charge < -0.3 is 5.32 Å². The smallest absolute Gasteiger partial charge is 0.132 e. The van der Waals surface area contributed by atoms with E-state index in [1.807, 2.05) is 7.05 Å². The Kier molecular flexibility index (Phi) is 2.74. The largest absolute Gasteiger partial charge is 0.316 e. The van der Waals surface area contributed by atoms with Crippen molar-refractivity contribution < 1.29 is 0 Å². The molecule has 3 nitrogen and oxygen atoms in total.